The van der Waals surface area contributed by atoms with Crippen LogP contribution in [0.3, 0.4) is 0 Å². The Morgan fingerprint density at radius 2 is 1.93 bits per heavy atom. The largest absolute Gasteiger partial charge is 0.285 e. The Morgan fingerprint density at radius 1 is 1.07 bits per heavy atom. The van der Waals surface area contributed by atoms with Crippen LogP contribution in [0.4, 0.5) is 0 Å². The SMILES string of the molecule is Cl.c1cnc2cc3c[nH]nc3cc2c1. The second-order valence-electron chi connectivity index (χ2n) is 2.99. The zero-order valence-corrected chi connectivity index (χ0v) is 8.08. The zero-order valence-electron chi connectivity index (χ0n) is 7.27. The van der Waals surface area contributed by atoms with Crippen molar-refractivity contribution in [3.05, 3.63) is 36.7 Å². The Morgan fingerprint density at radius 3 is 2.86 bits per heavy atom. The van der Waals surface area contributed by atoms with Gasteiger partial charge in [-0.2, -0.15) is 5.10 Å². The number of halogens is 1. The van der Waals surface area contributed by atoms with Crippen LogP contribution in [0.25, 0.3) is 21.8 Å². The van der Waals surface area contributed by atoms with Gasteiger partial charge in [-0.25, -0.2) is 0 Å². The summed E-state index contributed by atoms with van der Waals surface area (Å²) in [6, 6.07) is 8.04. The standard InChI is InChI=1S/C10H7N3.ClH/c1-2-7-4-10-8(6-12-13-10)5-9(7)11-3-1;/h1-6H,(H,12,13);1H. The van der Waals surface area contributed by atoms with E-state index in [1.807, 2.05) is 30.5 Å². The highest BCUT2D eigenvalue weighted by molar-refractivity contribution is 5.94. The van der Waals surface area contributed by atoms with E-state index >= 15 is 0 Å². The second-order valence-corrected chi connectivity index (χ2v) is 2.99. The van der Waals surface area contributed by atoms with Gasteiger partial charge in [0.1, 0.15) is 0 Å². The molecule has 1 aromatic carbocycles. The Balaban J connectivity index is 0.000000750. The predicted molar refractivity (Wildman–Crippen MR) is 58.6 cm³/mol. The highest BCUT2D eigenvalue weighted by Crippen LogP contribution is 2.18. The maximum atomic E-state index is 4.27. The van der Waals surface area contributed by atoms with Gasteiger partial charge in [0.25, 0.3) is 0 Å². The van der Waals surface area contributed by atoms with Crippen molar-refractivity contribution in [1.29, 1.82) is 0 Å². The lowest BCUT2D eigenvalue weighted by atomic mass is 10.2. The summed E-state index contributed by atoms with van der Waals surface area (Å²) in [5.41, 5.74) is 2.00. The molecule has 0 atom stereocenters. The zero-order chi connectivity index (χ0) is 8.67. The van der Waals surface area contributed by atoms with Crippen LogP contribution in [-0.2, 0) is 0 Å². The first-order chi connectivity index (χ1) is 6.43. The monoisotopic (exact) mass is 205 g/mol. The van der Waals surface area contributed by atoms with E-state index in [0.717, 1.165) is 21.8 Å². The summed E-state index contributed by atoms with van der Waals surface area (Å²) >= 11 is 0. The van der Waals surface area contributed by atoms with Crippen molar-refractivity contribution in [2.75, 3.05) is 0 Å². The molecule has 0 saturated heterocycles. The van der Waals surface area contributed by atoms with Gasteiger partial charge in [-0.1, -0.05) is 6.07 Å². The minimum absolute atomic E-state index is 0. The molecule has 0 aliphatic carbocycles. The Bertz CT molecular complexity index is 524. The highest BCUT2D eigenvalue weighted by atomic mass is 35.5. The highest BCUT2D eigenvalue weighted by Gasteiger charge is 1.98. The van der Waals surface area contributed by atoms with Crippen molar-refractivity contribution >= 4 is 34.2 Å². The summed E-state index contributed by atoms with van der Waals surface area (Å²) < 4.78 is 0. The van der Waals surface area contributed by atoms with Crippen molar-refractivity contribution < 1.29 is 0 Å². The molecule has 0 radical (unpaired) electrons. The molecule has 0 aliphatic rings. The van der Waals surface area contributed by atoms with Crippen LogP contribution < -0.4 is 0 Å². The lowest BCUT2D eigenvalue weighted by Gasteiger charge is -1.94. The van der Waals surface area contributed by atoms with Gasteiger partial charge < -0.3 is 0 Å². The van der Waals surface area contributed by atoms with E-state index in [1.165, 1.54) is 0 Å². The summed E-state index contributed by atoms with van der Waals surface area (Å²) in [5.74, 6) is 0. The molecule has 4 heteroatoms. The number of rotatable bonds is 0. The van der Waals surface area contributed by atoms with Crippen LogP contribution in [0.1, 0.15) is 0 Å². The molecule has 2 aromatic heterocycles. The van der Waals surface area contributed by atoms with Crippen LogP contribution in [0.15, 0.2) is 36.7 Å². The fourth-order valence-corrected chi connectivity index (χ4v) is 1.51. The van der Waals surface area contributed by atoms with E-state index in [9.17, 15) is 0 Å². The fourth-order valence-electron chi connectivity index (χ4n) is 1.51. The van der Waals surface area contributed by atoms with Crippen LogP contribution in [0.2, 0.25) is 0 Å². The van der Waals surface area contributed by atoms with Gasteiger partial charge in [0.2, 0.25) is 0 Å². The Kier molecular flexibility index (Phi) is 2.09. The molecular weight excluding hydrogens is 198 g/mol. The number of H-pyrrole nitrogens is 1. The lowest BCUT2D eigenvalue weighted by molar-refractivity contribution is 1.12. The number of benzene rings is 1. The lowest BCUT2D eigenvalue weighted by Crippen LogP contribution is -1.76. The Labute approximate surface area is 86.6 Å². The summed E-state index contributed by atoms with van der Waals surface area (Å²) in [5, 5.41) is 9.18. The smallest absolute Gasteiger partial charge is 0.0928 e. The fraction of sp³-hybridized carbons (Fsp3) is 0. The minimum Gasteiger partial charge on any atom is -0.285 e. The maximum absolute atomic E-state index is 4.27. The summed E-state index contributed by atoms with van der Waals surface area (Å²) in [4.78, 5) is 4.27. The van der Waals surface area contributed by atoms with E-state index in [1.54, 1.807) is 6.20 Å². The molecule has 0 amide bonds. The molecule has 3 aromatic rings. The summed E-state index contributed by atoms with van der Waals surface area (Å²) in [7, 11) is 0. The topological polar surface area (TPSA) is 41.6 Å². The molecule has 0 saturated carbocycles. The van der Waals surface area contributed by atoms with Crippen molar-refractivity contribution in [1.82, 2.24) is 15.2 Å². The van der Waals surface area contributed by atoms with Crippen molar-refractivity contribution in [3.63, 3.8) is 0 Å². The number of aromatic nitrogens is 3. The quantitative estimate of drug-likeness (QED) is 0.613. The maximum Gasteiger partial charge on any atom is 0.0928 e. The van der Waals surface area contributed by atoms with Crippen LogP contribution in [0, 0.1) is 0 Å². The molecular formula is C10H8ClN3. The molecule has 0 bridgehead atoms. The predicted octanol–water partition coefficient (Wildman–Crippen LogP) is 2.53. The van der Waals surface area contributed by atoms with E-state index < -0.39 is 0 Å². The van der Waals surface area contributed by atoms with Gasteiger partial charge in [-0.15, -0.1) is 12.4 Å². The van der Waals surface area contributed by atoms with E-state index in [-0.39, 0.29) is 12.4 Å². The number of fused-ring (bicyclic) bond motifs is 2. The first-order valence-electron chi connectivity index (χ1n) is 4.12. The van der Waals surface area contributed by atoms with Crippen LogP contribution in [-0.4, -0.2) is 15.2 Å². The van der Waals surface area contributed by atoms with Crippen molar-refractivity contribution in [2.24, 2.45) is 0 Å². The molecule has 1 N–H and O–H groups in total. The number of aromatic amines is 1. The molecule has 14 heavy (non-hydrogen) atoms. The van der Waals surface area contributed by atoms with Gasteiger partial charge in [0, 0.05) is 23.2 Å². The first kappa shape index (κ1) is 8.97. The van der Waals surface area contributed by atoms with Crippen LogP contribution in [0.5, 0.6) is 0 Å². The van der Waals surface area contributed by atoms with Gasteiger partial charge in [-0.05, 0) is 18.2 Å². The number of hydrogen-bond donors (Lipinski definition) is 1. The molecule has 0 aliphatic heterocycles. The van der Waals surface area contributed by atoms with E-state index in [2.05, 4.69) is 15.2 Å². The third-order valence-electron chi connectivity index (χ3n) is 2.16. The average molecular weight is 206 g/mol. The molecule has 0 unspecified atom stereocenters. The van der Waals surface area contributed by atoms with Crippen LogP contribution >= 0.6 is 12.4 Å². The number of nitrogens with zero attached hydrogens (tertiary/aromatic N) is 2. The minimum atomic E-state index is 0. The number of pyridine rings is 1. The molecule has 3 rings (SSSR count). The third kappa shape index (κ3) is 1.22. The first-order valence-corrected chi connectivity index (χ1v) is 4.12. The average Bonchev–Trinajstić information content (AvgIpc) is 2.61. The van der Waals surface area contributed by atoms with Crippen molar-refractivity contribution in [2.45, 2.75) is 0 Å². The van der Waals surface area contributed by atoms with Gasteiger partial charge in [0.05, 0.1) is 11.0 Å². The Hall–Kier alpha value is -1.61. The van der Waals surface area contributed by atoms with Gasteiger partial charge >= 0.3 is 0 Å². The van der Waals surface area contributed by atoms with Gasteiger partial charge in [0.15, 0.2) is 0 Å². The van der Waals surface area contributed by atoms with E-state index in [4.69, 9.17) is 0 Å². The number of nitrogens with one attached hydrogen (secondary N) is 1. The second kappa shape index (κ2) is 3.27. The normalized spacial score (nSPS) is 10.3. The molecule has 0 fully saturated rings. The van der Waals surface area contributed by atoms with Gasteiger partial charge in [-0.3, -0.25) is 10.1 Å². The molecule has 3 nitrogen and oxygen atoms in total. The summed E-state index contributed by atoms with van der Waals surface area (Å²) in [6.07, 6.45) is 3.68. The number of hydrogen-bond acceptors (Lipinski definition) is 2. The molecule has 0 spiro atoms. The van der Waals surface area contributed by atoms with Crippen molar-refractivity contribution in [3.8, 4) is 0 Å². The molecule has 70 valence electrons. The third-order valence-corrected chi connectivity index (χ3v) is 2.16. The molecule has 2 heterocycles. The van der Waals surface area contributed by atoms with E-state index in [0.29, 0.717) is 0 Å². The summed E-state index contributed by atoms with van der Waals surface area (Å²) in [6.45, 7) is 0.